The van der Waals surface area contributed by atoms with Gasteiger partial charge in [-0.05, 0) is 27.7 Å². The molecule has 0 aromatic carbocycles. The molecule has 1 saturated heterocycles. The topological polar surface area (TPSA) is 105 Å². The molecule has 0 aliphatic carbocycles. The smallest absolute Gasteiger partial charge is 0.216 e. The molecule has 11 heteroatoms. The van der Waals surface area contributed by atoms with E-state index in [-0.39, 0.29) is 18.5 Å². The highest BCUT2D eigenvalue weighted by molar-refractivity contribution is 7.89. The summed E-state index contributed by atoms with van der Waals surface area (Å²) in [5.41, 5.74) is 0. The first-order chi connectivity index (χ1) is 13.4. The van der Waals surface area contributed by atoms with Crippen molar-refractivity contribution < 1.29 is 13.2 Å². The summed E-state index contributed by atoms with van der Waals surface area (Å²) < 4.78 is 33.9. The zero-order valence-electron chi connectivity index (χ0n) is 17.3. The molecule has 0 bridgehead atoms. The number of hydrogen-bond acceptors (Lipinski definition) is 6. The van der Waals surface area contributed by atoms with Gasteiger partial charge in [0.1, 0.15) is 12.9 Å². The lowest BCUT2D eigenvalue weighted by atomic mass is 10.4. The van der Waals surface area contributed by atoms with Crippen molar-refractivity contribution in [2.24, 2.45) is 4.99 Å². The van der Waals surface area contributed by atoms with E-state index < -0.39 is 10.0 Å². The van der Waals surface area contributed by atoms with E-state index in [1.165, 1.54) is 0 Å². The average molecular weight is 416 g/mol. The van der Waals surface area contributed by atoms with Crippen molar-refractivity contribution in [1.29, 1.82) is 0 Å². The highest BCUT2D eigenvalue weighted by Crippen LogP contribution is 2.09. The van der Waals surface area contributed by atoms with Crippen LogP contribution in [0, 0.1) is 0 Å². The first kappa shape index (κ1) is 22.6. The number of guanidine groups is 1. The van der Waals surface area contributed by atoms with Gasteiger partial charge in [0.05, 0.1) is 18.5 Å². The molecule has 160 valence electrons. The molecule has 0 saturated carbocycles. The van der Waals surface area contributed by atoms with E-state index in [0.29, 0.717) is 32.7 Å². The molecule has 0 radical (unpaired) electrons. The summed E-state index contributed by atoms with van der Waals surface area (Å²) in [6, 6.07) is 0. The second kappa shape index (κ2) is 10.7. The molecule has 28 heavy (non-hydrogen) atoms. The number of hydrogen-bond donors (Lipinski definition) is 1. The third kappa shape index (κ3) is 6.42. The minimum atomic E-state index is -3.30. The Morgan fingerprint density at radius 1 is 1.29 bits per heavy atom. The predicted octanol–water partition coefficient (Wildman–Crippen LogP) is 0.136. The third-order valence-corrected chi connectivity index (χ3v) is 6.30. The van der Waals surface area contributed by atoms with Gasteiger partial charge in [0, 0.05) is 39.3 Å². The molecular formula is C17H33N7O3S. The maximum atomic E-state index is 12.5. The molecule has 1 aromatic heterocycles. The van der Waals surface area contributed by atoms with E-state index in [1.54, 1.807) is 10.6 Å². The molecule has 1 N–H and O–H groups in total. The highest BCUT2D eigenvalue weighted by Gasteiger charge is 2.28. The van der Waals surface area contributed by atoms with Crippen molar-refractivity contribution >= 4 is 16.0 Å². The standard InChI is InChI=1S/C17H33N7O3S/c1-5-18-17(19-13-16-21-20-14-22(16)6-2)23-7-9-24(10-8-23)28(25,26)12-11-27-15(3)4/h14-15H,5-13H2,1-4H3,(H,18,19). The van der Waals surface area contributed by atoms with Crippen LogP contribution in [0.25, 0.3) is 0 Å². The van der Waals surface area contributed by atoms with Gasteiger partial charge >= 0.3 is 0 Å². The summed E-state index contributed by atoms with van der Waals surface area (Å²) >= 11 is 0. The zero-order chi connectivity index (χ0) is 20.6. The van der Waals surface area contributed by atoms with E-state index in [0.717, 1.165) is 24.9 Å². The second-order valence-electron chi connectivity index (χ2n) is 6.82. The first-order valence-corrected chi connectivity index (χ1v) is 11.5. The van der Waals surface area contributed by atoms with Gasteiger partial charge in [-0.1, -0.05) is 0 Å². The van der Waals surface area contributed by atoms with E-state index in [4.69, 9.17) is 4.74 Å². The van der Waals surface area contributed by atoms with E-state index in [1.807, 2.05) is 32.3 Å². The Balaban J connectivity index is 1.93. The molecule has 2 heterocycles. The lowest BCUT2D eigenvalue weighted by molar-refractivity contribution is 0.0904. The number of piperazine rings is 1. The fourth-order valence-electron chi connectivity index (χ4n) is 2.93. The molecule has 1 fully saturated rings. The van der Waals surface area contributed by atoms with Crippen LogP contribution in [-0.4, -0.2) is 89.5 Å². The molecule has 0 spiro atoms. The molecule has 0 atom stereocenters. The van der Waals surface area contributed by atoms with Crippen LogP contribution in [0.2, 0.25) is 0 Å². The van der Waals surface area contributed by atoms with Crippen LogP contribution in [0.4, 0.5) is 0 Å². The van der Waals surface area contributed by atoms with Crippen molar-refractivity contribution in [1.82, 2.24) is 29.3 Å². The van der Waals surface area contributed by atoms with E-state index in [2.05, 4.69) is 25.4 Å². The van der Waals surface area contributed by atoms with Crippen LogP contribution in [0.1, 0.15) is 33.5 Å². The van der Waals surface area contributed by atoms with Crippen LogP contribution < -0.4 is 5.32 Å². The van der Waals surface area contributed by atoms with E-state index >= 15 is 0 Å². The summed E-state index contributed by atoms with van der Waals surface area (Å²) in [6.07, 6.45) is 1.73. The van der Waals surface area contributed by atoms with Crippen LogP contribution in [-0.2, 0) is 27.8 Å². The van der Waals surface area contributed by atoms with Gasteiger partial charge in [-0.25, -0.2) is 13.4 Å². The van der Waals surface area contributed by atoms with Gasteiger partial charge in [0.2, 0.25) is 10.0 Å². The first-order valence-electron chi connectivity index (χ1n) is 9.86. The van der Waals surface area contributed by atoms with Crippen molar-refractivity contribution in [2.45, 2.75) is 46.9 Å². The molecule has 2 rings (SSSR count). The zero-order valence-corrected chi connectivity index (χ0v) is 18.2. The number of rotatable bonds is 9. The van der Waals surface area contributed by atoms with E-state index in [9.17, 15) is 8.42 Å². The van der Waals surface area contributed by atoms with Gasteiger partial charge < -0.3 is 19.5 Å². The number of aliphatic imine (C=N–C) groups is 1. The Morgan fingerprint density at radius 2 is 2.00 bits per heavy atom. The summed E-state index contributed by atoms with van der Waals surface area (Å²) in [6.45, 7) is 12.1. The molecular weight excluding hydrogens is 382 g/mol. The molecule has 1 aliphatic rings. The monoisotopic (exact) mass is 415 g/mol. The van der Waals surface area contributed by atoms with Crippen molar-refractivity contribution in [3.63, 3.8) is 0 Å². The summed E-state index contributed by atoms with van der Waals surface area (Å²) in [5.74, 6) is 1.60. The van der Waals surface area contributed by atoms with Gasteiger partial charge in [0.15, 0.2) is 11.8 Å². The number of aromatic nitrogens is 3. The summed E-state index contributed by atoms with van der Waals surface area (Å²) in [4.78, 5) is 6.75. The quantitative estimate of drug-likeness (QED) is 0.452. The lowest BCUT2D eigenvalue weighted by Gasteiger charge is -2.35. The van der Waals surface area contributed by atoms with Crippen molar-refractivity contribution in [2.75, 3.05) is 45.1 Å². The predicted molar refractivity (Wildman–Crippen MR) is 109 cm³/mol. The summed E-state index contributed by atoms with van der Waals surface area (Å²) in [7, 11) is -3.30. The van der Waals surface area contributed by atoms with Crippen molar-refractivity contribution in [3.8, 4) is 0 Å². The molecule has 10 nitrogen and oxygen atoms in total. The lowest BCUT2D eigenvalue weighted by Crippen LogP contribution is -2.54. The maximum absolute atomic E-state index is 12.5. The average Bonchev–Trinajstić information content (AvgIpc) is 3.12. The second-order valence-corrected chi connectivity index (χ2v) is 8.91. The van der Waals surface area contributed by atoms with Crippen LogP contribution in [0.15, 0.2) is 11.3 Å². The normalized spacial score (nSPS) is 16.8. The van der Waals surface area contributed by atoms with Crippen molar-refractivity contribution in [3.05, 3.63) is 12.2 Å². The van der Waals surface area contributed by atoms with Gasteiger partial charge in [0.25, 0.3) is 0 Å². The van der Waals surface area contributed by atoms with Gasteiger partial charge in [-0.3, -0.25) is 0 Å². The number of ether oxygens (including phenoxy) is 1. The number of sulfonamides is 1. The maximum Gasteiger partial charge on any atom is 0.216 e. The Morgan fingerprint density at radius 3 is 2.61 bits per heavy atom. The Bertz CT molecular complexity index is 725. The number of nitrogens with zero attached hydrogens (tertiary/aromatic N) is 6. The SMILES string of the molecule is CCNC(=NCc1nncn1CC)N1CCN(S(=O)(=O)CCOC(C)C)CC1. The van der Waals surface area contributed by atoms with Crippen LogP contribution in [0.5, 0.6) is 0 Å². The Hall–Kier alpha value is -1.72. The minimum Gasteiger partial charge on any atom is -0.378 e. The largest absolute Gasteiger partial charge is 0.378 e. The minimum absolute atomic E-state index is 0.0199. The van der Waals surface area contributed by atoms with Gasteiger partial charge in [-0.15, -0.1) is 10.2 Å². The molecule has 1 aromatic rings. The fraction of sp³-hybridized carbons (Fsp3) is 0.824. The number of nitrogens with one attached hydrogen (secondary N) is 1. The molecule has 0 amide bonds. The van der Waals surface area contributed by atoms with Gasteiger partial charge in [-0.2, -0.15) is 4.31 Å². The summed E-state index contributed by atoms with van der Waals surface area (Å²) in [5, 5.41) is 11.3. The molecule has 0 unspecified atom stereocenters. The Labute approximate surface area is 168 Å². The third-order valence-electron chi connectivity index (χ3n) is 4.47. The van der Waals surface area contributed by atoms with Crippen LogP contribution >= 0.6 is 0 Å². The number of aryl methyl sites for hydroxylation is 1. The van der Waals surface area contributed by atoms with Crippen LogP contribution in [0.3, 0.4) is 0 Å². The highest BCUT2D eigenvalue weighted by atomic mass is 32.2. The Kier molecular flexibility index (Phi) is 8.64. The fourth-order valence-corrected chi connectivity index (χ4v) is 4.22. The molecule has 1 aliphatic heterocycles.